The predicted octanol–water partition coefficient (Wildman–Crippen LogP) is 0.931. The van der Waals surface area contributed by atoms with E-state index in [1.165, 1.54) is 0 Å². The van der Waals surface area contributed by atoms with Crippen molar-refractivity contribution in [3.63, 3.8) is 0 Å². The summed E-state index contributed by atoms with van der Waals surface area (Å²) in [5, 5.41) is 0. The highest BCUT2D eigenvalue weighted by molar-refractivity contribution is 5.96. The fourth-order valence-electron chi connectivity index (χ4n) is 1.34. The maximum absolute atomic E-state index is 11.2. The van der Waals surface area contributed by atoms with Crippen LogP contribution in [0.5, 0.6) is 0 Å². The molecule has 3 nitrogen and oxygen atoms in total. The molecule has 3 heteroatoms. The van der Waals surface area contributed by atoms with Gasteiger partial charge in [0.05, 0.1) is 0 Å². The summed E-state index contributed by atoms with van der Waals surface area (Å²) >= 11 is 0. The Morgan fingerprint density at radius 2 is 2.08 bits per heavy atom. The lowest BCUT2D eigenvalue weighted by Gasteiger charge is -2.11. The average Bonchev–Trinajstić information content (AvgIpc) is 2.03. The molecular formula is C9H13NO2. The quantitative estimate of drug-likeness (QED) is 0.622. The van der Waals surface area contributed by atoms with Crippen LogP contribution in [0.15, 0.2) is 11.6 Å². The highest BCUT2D eigenvalue weighted by atomic mass is 16.1. The number of allylic oxidation sites excluding steroid dienone is 1. The molecule has 2 N–H and O–H groups in total. The summed E-state index contributed by atoms with van der Waals surface area (Å²) in [6, 6.07) is 0. The van der Waals surface area contributed by atoms with Gasteiger partial charge in [0, 0.05) is 12.8 Å². The van der Waals surface area contributed by atoms with Crippen molar-refractivity contribution in [3.8, 4) is 0 Å². The van der Waals surface area contributed by atoms with Crippen molar-refractivity contribution in [2.24, 2.45) is 5.73 Å². The summed E-state index contributed by atoms with van der Waals surface area (Å²) in [4.78, 5) is 21.6. The van der Waals surface area contributed by atoms with Crippen molar-refractivity contribution in [1.29, 1.82) is 0 Å². The summed E-state index contributed by atoms with van der Waals surface area (Å²) in [7, 11) is 0. The maximum atomic E-state index is 11.2. The van der Waals surface area contributed by atoms with E-state index in [2.05, 4.69) is 0 Å². The topological polar surface area (TPSA) is 60.2 Å². The molecule has 12 heavy (non-hydrogen) atoms. The zero-order chi connectivity index (χ0) is 8.97. The maximum Gasteiger partial charge on any atom is 0.221 e. The van der Waals surface area contributed by atoms with E-state index >= 15 is 0 Å². The Kier molecular flexibility index (Phi) is 3.02. The van der Waals surface area contributed by atoms with E-state index in [-0.39, 0.29) is 18.1 Å². The molecule has 1 aliphatic carbocycles. The van der Waals surface area contributed by atoms with Gasteiger partial charge in [-0.15, -0.1) is 0 Å². The van der Waals surface area contributed by atoms with E-state index in [0.29, 0.717) is 6.42 Å². The lowest BCUT2D eigenvalue weighted by atomic mass is 9.93. The first-order valence-corrected chi connectivity index (χ1v) is 4.20. The highest BCUT2D eigenvalue weighted by Gasteiger charge is 2.14. The van der Waals surface area contributed by atoms with Crippen LogP contribution in [0.3, 0.4) is 0 Å². The van der Waals surface area contributed by atoms with Gasteiger partial charge in [-0.05, 0) is 24.8 Å². The summed E-state index contributed by atoms with van der Waals surface area (Å²) in [5.74, 6) is -0.191. The van der Waals surface area contributed by atoms with Crippen molar-refractivity contribution < 1.29 is 9.59 Å². The SMILES string of the molecule is NC(=O)C/C=C1\CCCCC1=O. The minimum atomic E-state index is -0.374. The van der Waals surface area contributed by atoms with E-state index in [1.807, 2.05) is 0 Å². The molecular weight excluding hydrogens is 154 g/mol. The molecule has 1 amide bonds. The van der Waals surface area contributed by atoms with E-state index in [0.717, 1.165) is 24.8 Å². The number of nitrogens with two attached hydrogens (primary N) is 1. The number of hydrogen-bond acceptors (Lipinski definition) is 2. The highest BCUT2D eigenvalue weighted by Crippen LogP contribution is 2.19. The zero-order valence-corrected chi connectivity index (χ0v) is 7.01. The van der Waals surface area contributed by atoms with E-state index in [1.54, 1.807) is 6.08 Å². The Balaban J connectivity index is 2.53. The predicted molar refractivity (Wildman–Crippen MR) is 45.4 cm³/mol. The number of carbonyl (C=O) groups excluding carboxylic acids is 2. The van der Waals surface area contributed by atoms with Crippen LogP contribution in [0.2, 0.25) is 0 Å². The fraction of sp³-hybridized carbons (Fsp3) is 0.556. The Bertz CT molecular complexity index is 231. The molecule has 0 bridgehead atoms. The van der Waals surface area contributed by atoms with Gasteiger partial charge in [-0.2, -0.15) is 0 Å². The van der Waals surface area contributed by atoms with Crippen molar-refractivity contribution in [3.05, 3.63) is 11.6 Å². The van der Waals surface area contributed by atoms with Crippen molar-refractivity contribution in [2.45, 2.75) is 32.1 Å². The smallest absolute Gasteiger partial charge is 0.221 e. The van der Waals surface area contributed by atoms with Crippen LogP contribution in [0.4, 0.5) is 0 Å². The normalized spacial score (nSPS) is 21.3. The number of rotatable bonds is 2. The molecule has 0 radical (unpaired) electrons. The molecule has 1 aliphatic rings. The first-order valence-electron chi connectivity index (χ1n) is 4.20. The van der Waals surface area contributed by atoms with Gasteiger partial charge < -0.3 is 5.73 Å². The third kappa shape index (κ3) is 2.49. The van der Waals surface area contributed by atoms with Gasteiger partial charge in [0.2, 0.25) is 5.91 Å². The van der Waals surface area contributed by atoms with Crippen LogP contribution in [0, 0.1) is 0 Å². The van der Waals surface area contributed by atoms with Crippen molar-refractivity contribution in [2.75, 3.05) is 0 Å². The van der Waals surface area contributed by atoms with Gasteiger partial charge in [0.25, 0.3) is 0 Å². The minimum Gasteiger partial charge on any atom is -0.369 e. The van der Waals surface area contributed by atoms with E-state index in [4.69, 9.17) is 5.73 Å². The Hall–Kier alpha value is -1.12. The van der Waals surface area contributed by atoms with Gasteiger partial charge >= 0.3 is 0 Å². The number of carbonyl (C=O) groups is 2. The fourth-order valence-corrected chi connectivity index (χ4v) is 1.34. The molecule has 1 rings (SSSR count). The van der Waals surface area contributed by atoms with Gasteiger partial charge in [0.15, 0.2) is 5.78 Å². The molecule has 0 aliphatic heterocycles. The Morgan fingerprint density at radius 3 is 2.67 bits per heavy atom. The van der Waals surface area contributed by atoms with Crippen LogP contribution in [-0.4, -0.2) is 11.7 Å². The van der Waals surface area contributed by atoms with Crippen molar-refractivity contribution >= 4 is 11.7 Å². The molecule has 0 aromatic rings. The largest absolute Gasteiger partial charge is 0.369 e. The van der Waals surface area contributed by atoms with E-state index in [9.17, 15) is 9.59 Å². The molecule has 0 spiro atoms. The second kappa shape index (κ2) is 4.04. The van der Waals surface area contributed by atoms with Gasteiger partial charge in [-0.25, -0.2) is 0 Å². The van der Waals surface area contributed by atoms with Crippen LogP contribution in [-0.2, 0) is 9.59 Å². The number of ketones is 1. The molecule has 0 heterocycles. The number of amides is 1. The Morgan fingerprint density at radius 1 is 1.42 bits per heavy atom. The molecule has 0 unspecified atom stereocenters. The molecule has 0 aromatic heterocycles. The van der Waals surface area contributed by atoms with Crippen LogP contribution >= 0.6 is 0 Å². The van der Waals surface area contributed by atoms with Crippen molar-refractivity contribution in [1.82, 2.24) is 0 Å². The lowest BCUT2D eigenvalue weighted by Crippen LogP contribution is -2.12. The molecule has 0 saturated heterocycles. The molecule has 66 valence electrons. The second-order valence-corrected chi connectivity index (χ2v) is 3.03. The lowest BCUT2D eigenvalue weighted by molar-refractivity contribution is -0.117. The van der Waals surface area contributed by atoms with Crippen LogP contribution in [0.1, 0.15) is 32.1 Å². The van der Waals surface area contributed by atoms with Crippen LogP contribution < -0.4 is 5.73 Å². The monoisotopic (exact) mass is 167 g/mol. The van der Waals surface area contributed by atoms with E-state index < -0.39 is 0 Å². The number of Topliss-reactive ketones (excluding diaryl/α,β-unsaturated/α-hetero) is 1. The molecule has 1 fully saturated rings. The number of hydrogen-bond donors (Lipinski definition) is 1. The molecule has 1 saturated carbocycles. The molecule has 0 aromatic carbocycles. The van der Waals surface area contributed by atoms with Gasteiger partial charge in [0.1, 0.15) is 0 Å². The standard InChI is InChI=1S/C9H13NO2/c10-9(12)6-5-7-3-1-2-4-8(7)11/h5H,1-4,6H2,(H2,10,12)/b7-5+. The summed E-state index contributed by atoms with van der Waals surface area (Å²) in [6.07, 6.45) is 5.34. The third-order valence-electron chi connectivity index (χ3n) is 2.01. The summed E-state index contributed by atoms with van der Waals surface area (Å²) in [6.45, 7) is 0. The third-order valence-corrected chi connectivity index (χ3v) is 2.01. The second-order valence-electron chi connectivity index (χ2n) is 3.03. The Labute approximate surface area is 71.6 Å². The minimum absolute atomic E-state index is 0.183. The van der Waals surface area contributed by atoms with Gasteiger partial charge in [-0.3, -0.25) is 9.59 Å². The molecule has 0 atom stereocenters. The van der Waals surface area contributed by atoms with Crippen LogP contribution in [0.25, 0.3) is 0 Å². The summed E-state index contributed by atoms with van der Waals surface area (Å²) in [5.41, 5.74) is 5.75. The number of primary amides is 1. The van der Waals surface area contributed by atoms with Gasteiger partial charge in [-0.1, -0.05) is 6.08 Å². The summed E-state index contributed by atoms with van der Waals surface area (Å²) < 4.78 is 0. The average molecular weight is 167 g/mol. The zero-order valence-electron chi connectivity index (χ0n) is 7.01. The first kappa shape index (κ1) is 8.97. The first-order chi connectivity index (χ1) is 5.70.